The number of piperidine rings is 1. The molecule has 1 aliphatic rings. The third-order valence-electron chi connectivity index (χ3n) is 5.19. The van der Waals surface area contributed by atoms with Crippen molar-refractivity contribution in [3.63, 3.8) is 0 Å². The molecule has 1 atom stereocenters. The molecule has 1 saturated heterocycles. The van der Waals surface area contributed by atoms with Gasteiger partial charge in [-0.15, -0.1) is 10.2 Å². The highest BCUT2D eigenvalue weighted by Crippen LogP contribution is 2.25. The molecular weight excluding hydrogens is 430 g/mol. The number of hydrogen-bond acceptors (Lipinski definition) is 5. The first-order valence-corrected chi connectivity index (χ1v) is 10.5. The zero-order chi connectivity index (χ0) is 20.2. The summed E-state index contributed by atoms with van der Waals surface area (Å²) >= 11 is 3.46. The summed E-state index contributed by atoms with van der Waals surface area (Å²) in [6, 6.07) is 13.6. The minimum atomic E-state index is -0.0755. The molecule has 0 spiro atoms. The van der Waals surface area contributed by atoms with Crippen molar-refractivity contribution in [2.45, 2.75) is 19.8 Å². The van der Waals surface area contributed by atoms with Crippen LogP contribution in [-0.2, 0) is 4.79 Å². The third kappa shape index (κ3) is 4.62. The fourth-order valence-electron chi connectivity index (χ4n) is 3.57. The number of rotatable bonds is 4. The van der Waals surface area contributed by atoms with Crippen LogP contribution >= 0.6 is 15.9 Å². The van der Waals surface area contributed by atoms with Gasteiger partial charge >= 0.3 is 0 Å². The first-order valence-electron chi connectivity index (χ1n) is 9.66. The molecule has 3 aromatic rings. The molecule has 1 unspecified atom stereocenters. The summed E-state index contributed by atoms with van der Waals surface area (Å²) in [4.78, 5) is 19.0. The second-order valence-corrected chi connectivity index (χ2v) is 8.16. The van der Waals surface area contributed by atoms with E-state index in [1.165, 1.54) is 0 Å². The average Bonchev–Trinajstić information content (AvgIpc) is 2.76. The highest BCUT2D eigenvalue weighted by molar-refractivity contribution is 9.10. The van der Waals surface area contributed by atoms with Crippen LogP contribution in [-0.4, -0.2) is 34.2 Å². The van der Waals surface area contributed by atoms with Crippen molar-refractivity contribution in [1.29, 1.82) is 0 Å². The van der Waals surface area contributed by atoms with Crippen molar-refractivity contribution in [3.8, 4) is 11.3 Å². The molecule has 4 rings (SSSR count). The van der Waals surface area contributed by atoms with Gasteiger partial charge in [-0.3, -0.25) is 9.78 Å². The standard InChI is InChI=1S/C22H22BrN5O/c1-15-13-18(23)4-5-19(15)25-22(29)17-3-2-12-28(14-17)21-7-6-20(26-27-21)16-8-10-24-11-9-16/h4-11,13,17H,2-3,12,14H2,1H3,(H,25,29). The number of halogens is 1. The van der Waals surface area contributed by atoms with E-state index in [0.717, 1.165) is 52.2 Å². The molecular formula is C22H22BrN5O. The van der Waals surface area contributed by atoms with Gasteiger partial charge in [0.15, 0.2) is 5.82 Å². The van der Waals surface area contributed by atoms with Gasteiger partial charge in [-0.25, -0.2) is 0 Å². The number of aryl methyl sites for hydroxylation is 1. The molecule has 1 aliphatic heterocycles. The monoisotopic (exact) mass is 451 g/mol. The zero-order valence-corrected chi connectivity index (χ0v) is 17.8. The Morgan fingerprint density at radius 3 is 2.69 bits per heavy atom. The SMILES string of the molecule is Cc1cc(Br)ccc1NC(=O)C1CCCN(c2ccc(-c3ccncc3)nn2)C1. The summed E-state index contributed by atoms with van der Waals surface area (Å²) in [7, 11) is 0. The van der Waals surface area contributed by atoms with Gasteiger partial charge in [0.2, 0.25) is 5.91 Å². The summed E-state index contributed by atoms with van der Waals surface area (Å²) in [6.45, 7) is 3.52. The fourth-order valence-corrected chi connectivity index (χ4v) is 4.05. The topological polar surface area (TPSA) is 71.0 Å². The van der Waals surface area contributed by atoms with E-state index in [4.69, 9.17) is 0 Å². The van der Waals surface area contributed by atoms with E-state index < -0.39 is 0 Å². The summed E-state index contributed by atoms with van der Waals surface area (Å²) in [5.41, 5.74) is 3.70. The van der Waals surface area contributed by atoms with Crippen LogP contribution in [0.5, 0.6) is 0 Å². The van der Waals surface area contributed by atoms with E-state index in [1.54, 1.807) is 12.4 Å². The number of nitrogens with zero attached hydrogens (tertiary/aromatic N) is 4. The van der Waals surface area contributed by atoms with Gasteiger partial charge in [0.05, 0.1) is 11.6 Å². The van der Waals surface area contributed by atoms with E-state index in [0.29, 0.717) is 6.54 Å². The number of anilines is 2. The molecule has 0 saturated carbocycles. The normalized spacial score (nSPS) is 16.5. The molecule has 0 aliphatic carbocycles. The molecule has 1 aromatic carbocycles. The Bertz CT molecular complexity index is 994. The van der Waals surface area contributed by atoms with Crippen LogP contribution in [0.3, 0.4) is 0 Å². The Labute approximate surface area is 178 Å². The molecule has 3 heterocycles. The summed E-state index contributed by atoms with van der Waals surface area (Å²) < 4.78 is 1.01. The average molecular weight is 452 g/mol. The number of carbonyl (C=O) groups excluding carboxylic acids is 1. The number of hydrogen-bond donors (Lipinski definition) is 1. The molecule has 0 bridgehead atoms. The van der Waals surface area contributed by atoms with E-state index in [9.17, 15) is 4.79 Å². The van der Waals surface area contributed by atoms with Crippen LogP contribution in [0.15, 0.2) is 59.3 Å². The second-order valence-electron chi connectivity index (χ2n) is 7.25. The summed E-state index contributed by atoms with van der Waals surface area (Å²) in [6.07, 6.45) is 5.31. The lowest BCUT2D eigenvalue weighted by Gasteiger charge is -2.32. The number of amides is 1. The van der Waals surface area contributed by atoms with Crippen LogP contribution in [0.25, 0.3) is 11.3 Å². The van der Waals surface area contributed by atoms with Crippen molar-refractivity contribution in [2.75, 3.05) is 23.3 Å². The molecule has 29 heavy (non-hydrogen) atoms. The Hall–Kier alpha value is -2.80. The van der Waals surface area contributed by atoms with Gasteiger partial charge in [-0.1, -0.05) is 15.9 Å². The number of aromatic nitrogens is 3. The van der Waals surface area contributed by atoms with Gasteiger partial charge in [0.25, 0.3) is 0 Å². The first kappa shape index (κ1) is 19.5. The van der Waals surface area contributed by atoms with E-state index in [-0.39, 0.29) is 11.8 Å². The zero-order valence-electron chi connectivity index (χ0n) is 16.2. The first-order chi connectivity index (χ1) is 14.1. The molecule has 148 valence electrons. The molecule has 2 aromatic heterocycles. The maximum Gasteiger partial charge on any atom is 0.229 e. The maximum atomic E-state index is 12.8. The lowest BCUT2D eigenvalue weighted by atomic mass is 9.97. The Balaban J connectivity index is 1.43. The van der Waals surface area contributed by atoms with Crippen LogP contribution in [0.4, 0.5) is 11.5 Å². The third-order valence-corrected chi connectivity index (χ3v) is 5.68. The van der Waals surface area contributed by atoms with Crippen molar-refractivity contribution < 1.29 is 4.79 Å². The van der Waals surface area contributed by atoms with E-state index >= 15 is 0 Å². The van der Waals surface area contributed by atoms with Gasteiger partial charge in [0.1, 0.15) is 0 Å². The Morgan fingerprint density at radius 2 is 1.97 bits per heavy atom. The molecule has 7 heteroatoms. The molecule has 1 fully saturated rings. The van der Waals surface area contributed by atoms with Gasteiger partial charge in [0, 0.05) is 41.2 Å². The van der Waals surface area contributed by atoms with Crippen LogP contribution in [0.2, 0.25) is 0 Å². The maximum absolute atomic E-state index is 12.8. The van der Waals surface area contributed by atoms with Gasteiger partial charge in [-0.2, -0.15) is 0 Å². The van der Waals surface area contributed by atoms with Crippen LogP contribution in [0, 0.1) is 12.8 Å². The van der Waals surface area contributed by atoms with E-state index in [2.05, 4.69) is 41.3 Å². The van der Waals surface area contributed by atoms with Crippen LogP contribution < -0.4 is 10.2 Å². The molecule has 1 amide bonds. The number of carbonyl (C=O) groups is 1. The lowest BCUT2D eigenvalue weighted by molar-refractivity contribution is -0.120. The summed E-state index contributed by atoms with van der Waals surface area (Å²) in [5.74, 6) is 0.787. The van der Waals surface area contributed by atoms with Gasteiger partial charge in [-0.05, 0) is 67.8 Å². The van der Waals surface area contributed by atoms with Crippen molar-refractivity contribution >= 4 is 33.3 Å². The van der Waals surface area contributed by atoms with E-state index in [1.807, 2.05) is 49.4 Å². The minimum Gasteiger partial charge on any atom is -0.354 e. The van der Waals surface area contributed by atoms with Crippen LogP contribution in [0.1, 0.15) is 18.4 Å². The highest BCUT2D eigenvalue weighted by atomic mass is 79.9. The minimum absolute atomic E-state index is 0.0569. The largest absolute Gasteiger partial charge is 0.354 e. The Morgan fingerprint density at radius 1 is 1.14 bits per heavy atom. The summed E-state index contributed by atoms with van der Waals surface area (Å²) in [5, 5.41) is 11.8. The van der Waals surface area contributed by atoms with Crippen molar-refractivity contribution in [1.82, 2.24) is 15.2 Å². The van der Waals surface area contributed by atoms with Gasteiger partial charge < -0.3 is 10.2 Å². The highest BCUT2D eigenvalue weighted by Gasteiger charge is 2.27. The van der Waals surface area contributed by atoms with Crippen molar-refractivity contribution in [2.24, 2.45) is 5.92 Å². The number of benzene rings is 1. The fraction of sp³-hybridized carbons (Fsp3) is 0.273. The lowest BCUT2D eigenvalue weighted by Crippen LogP contribution is -2.41. The predicted octanol–water partition coefficient (Wildman–Crippen LogP) is 4.46. The van der Waals surface area contributed by atoms with Crippen molar-refractivity contribution in [3.05, 3.63) is 64.9 Å². The number of nitrogens with one attached hydrogen (secondary N) is 1. The predicted molar refractivity (Wildman–Crippen MR) is 118 cm³/mol. The Kier molecular flexibility index (Phi) is 5.85. The molecule has 6 nitrogen and oxygen atoms in total. The smallest absolute Gasteiger partial charge is 0.229 e. The molecule has 1 N–H and O–H groups in total. The molecule has 0 radical (unpaired) electrons. The quantitative estimate of drug-likeness (QED) is 0.633. The number of pyridine rings is 1. The second kappa shape index (κ2) is 8.69.